The molecule has 0 aromatic carbocycles. The average molecular weight is 342 g/mol. The Morgan fingerprint density at radius 1 is 1.29 bits per heavy atom. The van der Waals surface area contributed by atoms with Crippen LogP contribution in [0.1, 0.15) is 54.6 Å². The molecule has 2 aromatic rings. The van der Waals surface area contributed by atoms with Gasteiger partial charge in [-0.15, -0.1) is 11.3 Å². The van der Waals surface area contributed by atoms with E-state index < -0.39 is 0 Å². The van der Waals surface area contributed by atoms with Gasteiger partial charge in [0.25, 0.3) is 5.91 Å². The van der Waals surface area contributed by atoms with E-state index in [0.29, 0.717) is 17.6 Å². The summed E-state index contributed by atoms with van der Waals surface area (Å²) in [6, 6.07) is 4.47. The number of thiazole rings is 1. The molecule has 2 aliphatic carbocycles. The van der Waals surface area contributed by atoms with E-state index >= 15 is 0 Å². The predicted octanol–water partition coefficient (Wildman–Crippen LogP) is 4.01. The van der Waals surface area contributed by atoms with E-state index in [-0.39, 0.29) is 5.91 Å². The number of aryl methyl sites for hydroxylation is 1. The SMILES string of the molecule is Cc1csc(N(C(=O)c2ccnc(NC3CCCC3)c2)C2CC2)n1. The maximum Gasteiger partial charge on any atom is 0.260 e. The highest BCUT2D eigenvalue weighted by Gasteiger charge is 2.36. The molecule has 0 spiro atoms. The monoisotopic (exact) mass is 342 g/mol. The van der Waals surface area contributed by atoms with E-state index in [4.69, 9.17) is 0 Å². The Balaban J connectivity index is 1.56. The molecule has 0 aliphatic heterocycles. The van der Waals surface area contributed by atoms with Gasteiger partial charge in [-0.3, -0.25) is 9.69 Å². The Bertz CT molecular complexity index is 734. The number of anilines is 2. The summed E-state index contributed by atoms with van der Waals surface area (Å²) in [5.74, 6) is 0.836. The van der Waals surface area contributed by atoms with Crippen molar-refractivity contribution in [1.82, 2.24) is 9.97 Å². The third-order valence-electron chi connectivity index (χ3n) is 4.66. The molecule has 0 atom stereocenters. The van der Waals surface area contributed by atoms with Gasteiger partial charge in [-0.05, 0) is 44.7 Å². The molecule has 2 heterocycles. The van der Waals surface area contributed by atoms with Gasteiger partial charge in [0.1, 0.15) is 5.82 Å². The summed E-state index contributed by atoms with van der Waals surface area (Å²) in [4.78, 5) is 23.8. The molecule has 2 saturated carbocycles. The summed E-state index contributed by atoms with van der Waals surface area (Å²) < 4.78 is 0. The second kappa shape index (κ2) is 6.51. The fourth-order valence-electron chi connectivity index (χ4n) is 3.25. The number of rotatable bonds is 5. The number of hydrogen-bond acceptors (Lipinski definition) is 5. The van der Waals surface area contributed by atoms with Gasteiger partial charge >= 0.3 is 0 Å². The van der Waals surface area contributed by atoms with Crippen molar-refractivity contribution in [3.05, 3.63) is 35.0 Å². The molecule has 0 unspecified atom stereocenters. The second-order valence-electron chi connectivity index (χ2n) is 6.73. The van der Waals surface area contributed by atoms with Crippen LogP contribution in [0.3, 0.4) is 0 Å². The van der Waals surface area contributed by atoms with Crippen molar-refractivity contribution >= 4 is 28.2 Å². The highest BCUT2D eigenvalue weighted by Crippen LogP contribution is 2.35. The highest BCUT2D eigenvalue weighted by atomic mass is 32.1. The van der Waals surface area contributed by atoms with Gasteiger partial charge in [0.2, 0.25) is 0 Å². The summed E-state index contributed by atoms with van der Waals surface area (Å²) in [5, 5.41) is 6.27. The first-order valence-electron chi connectivity index (χ1n) is 8.69. The van der Waals surface area contributed by atoms with Crippen LogP contribution in [0.25, 0.3) is 0 Å². The molecule has 0 bridgehead atoms. The summed E-state index contributed by atoms with van der Waals surface area (Å²) in [5.41, 5.74) is 1.65. The molecule has 0 saturated heterocycles. The summed E-state index contributed by atoms with van der Waals surface area (Å²) in [7, 11) is 0. The van der Waals surface area contributed by atoms with Crippen molar-refractivity contribution in [2.45, 2.75) is 57.5 Å². The van der Waals surface area contributed by atoms with Crippen molar-refractivity contribution in [2.24, 2.45) is 0 Å². The number of carbonyl (C=O) groups is 1. The third kappa shape index (κ3) is 3.29. The number of aromatic nitrogens is 2. The van der Waals surface area contributed by atoms with Gasteiger partial charge < -0.3 is 5.32 Å². The first kappa shape index (κ1) is 15.6. The highest BCUT2D eigenvalue weighted by molar-refractivity contribution is 7.14. The van der Waals surface area contributed by atoms with Gasteiger partial charge in [0, 0.05) is 29.2 Å². The summed E-state index contributed by atoms with van der Waals surface area (Å²) in [6.07, 6.45) is 8.76. The smallest absolute Gasteiger partial charge is 0.260 e. The van der Waals surface area contributed by atoms with Crippen molar-refractivity contribution in [3.63, 3.8) is 0 Å². The van der Waals surface area contributed by atoms with Crippen molar-refractivity contribution < 1.29 is 4.79 Å². The molecular formula is C18H22N4OS. The lowest BCUT2D eigenvalue weighted by molar-refractivity contribution is 0.0985. The fourth-order valence-corrected chi connectivity index (χ4v) is 4.13. The summed E-state index contributed by atoms with van der Waals surface area (Å²) in [6.45, 7) is 1.96. The van der Waals surface area contributed by atoms with Crippen LogP contribution >= 0.6 is 11.3 Å². The van der Waals surface area contributed by atoms with E-state index in [9.17, 15) is 4.79 Å². The van der Waals surface area contributed by atoms with E-state index in [2.05, 4.69) is 15.3 Å². The van der Waals surface area contributed by atoms with Crippen LogP contribution in [0.2, 0.25) is 0 Å². The minimum atomic E-state index is 0.0312. The average Bonchev–Trinajstić information content (AvgIpc) is 3.10. The molecule has 24 heavy (non-hydrogen) atoms. The minimum absolute atomic E-state index is 0.0312. The van der Waals surface area contributed by atoms with Crippen LogP contribution in [-0.2, 0) is 0 Å². The predicted molar refractivity (Wildman–Crippen MR) is 96.8 cm³/mol. The van der Waals surface area contributed by atoms with Gasteiger partial charge in [0.05, 0.1) is 5.69 Å². The first-order chi connectivity index (χ1) is 11.7. The lowest BCUT2D eigenvalue weighted by Gasteiger charge is -2.20. The van der Waals surface area contributed by atoms with E-state index in [1.807, 2.05) is 23.3 Å². The number of hydrogen-bond donors (Lipinski definition) is 1. The Hall–Kier alpha value is -1.95. The van der Waals surface area contributed by atoms with Crippen molar-refractivity contribution in [3.8, 4) is 0 Å². The zero-order valence-corrected chi connectivity index (χ0v) is 14.7. The van der Waals surface area contributed by atoms with E-state index in [1.54, 1.807) is 23.6 Å². The van der Waals surface area contributed by atoms with Crippen LogP contribution in [0.4, 0.5) is 10.9 Å². The standard InChI is InChI=1S/C18H22N4OS/c1-12-11-24-18(20-12)22(15-6-7-15)17(23)13-8-9-19-16(10-13)21-14-4-2-3-5-14/h8-11,14-15H,2-7H2,1H3,(H,19,21). The lowest BCUT2D eigenvalue weighted by Crippen LogP contribution is -2.33. The quantitative estimate of drug-likeness (QED) is 0.892. The number of amides is 1. The Morgan fingerprint density at radius 3 is 2.75 bits per heavy atom. The van der Waals surface area contributed by atoms with Crippen LogP contribution < -0.4 is 10.2 Å². The first-order valence-corrected chi connectivity index (χ1v) is 9.57. The van der Waals surface area contributed by atoms with Crippen LogP contribution in [0, 0.1) is 6.92 Å². The van der Waals surface area contributed by atoms with Gasteiger partial charge in [0.15, 0.2) is 5.13 Å². The molecule has 126 valence electrons. The van der Waals surface area contributed by atoms with E-state index in [0.717, 1.165) is 29.5 Å². The zero-order valence-electron chi connectivity index (χ0n) is 13.9. The van der Waals surface area contributed by atoms with E-state index in [1.165, 1.54) is 25.7 Å². The largest absolute Gasteiger partial charge is 0.367 e. The molecule has 6 heteroatoms. The number of nitrogens with zero attached hydrogens (tertiary/aromatic N) is 3. The van der Waals surface area contributed by atoms with Crippen molar-refractivity contribution in [2.75, 3.05) is 10.2 Å². The third-order valence-corrected chi connectivity index (χ3v) is 5.62. The van der Waals surface area contributed by atoms with Gasteiger partial charge in [-0.2, -0.15) is 0 Å². The van der Waals surface area contributed by atoms with Crippen LogP contribution in [0.5, 0.6) is 0 Å². The fraction of sp³-hybridized carbons (Fsp3) is 0.500. The molecule has 2 aromatic heterocycles. The number of nitrogens with one attached hydrogen (secondary N) is 1. The molecule has 5 nitrogen and oxygen atoms in total. The van der Waals surface area contributed by atoms with Crippen LogP contribution in [0.15, 0.2) is 23.7 Å². The molecule has 1 amide bonds. The lowest BCUT2D eigenvalue weighted by atomic mass is 10.2. The van der Waals surface area contributed by atoms with Crippen molar-refractivity contribution in [1.29, 1.82) is 0 Å². The maximum absolute atomic E-state index is 13.1. The Morgan fingerprint density at radius 2 is 2.08 bits per heavy atom. The molecular weight excluding hydrogens is 320 g/mol. The Labute approximate surface area is 146 Å². The maximum atomic E-state index is 13.1. The number of carbonyl (C=O) groups excluding carboxylic acids is 1. The van der Waals surface area contributed by atoms with Crippen LogP contribution in [-0.4, -0.2) is 28.0 Å². The minimum Gasteiger partial charge on any atom is -0.367 e. The van der Waals surface area contributed by atoms with Gasteiger partial charge in [-0.1, -0.05) is 12.8 Å². The molecule has 2 fully saturated rings. The summed E-state index contributed by atoms with van der Waals surface area (Å²) >= 11 is 1.54. The van der Waals surface area contributed by atoms with Gasteiger partial charge in [-0.25, -0.2) is 9.97 Å². The normalized spacial score (nSPS) is 17.9. The number of pyridine rings is 1. The Kier molecular flexibility index (Phi) is 4.22. The molecule has 0 radical (unpaired) electrons. The molecule has 1 N–H and O–H groups in total. The zero-order chi connectivity index (χ0) is 16.5. The molecule has 4 rings (SSSR count). The second-order valence-corrected chi connectivity index (χ2v) is 7.57. The topological polar surface area (TPSA) is 58.1 Å². The molecule has 2 aliphatic rings.